The number of hydrogen-bond donors (Lipinski definition) is 1. The van der Waals surface area contributed by atoms with Crippen LogP contribution in [0.3, 0.4) is 0 Å². The van der Waals surface area contributed by atoms with Gasteiger partial charge in [-0.05, 0) is 22.8 Å². The number of aromatic nitrogens is 1. The van der Waals surface area contributed by atoms with Crippen molar-refractivity contribution in [3.8, 4) is 11.3 Å². The molecule has 0 amide bonds. The summed E-state index contributed by atoms with van der Waals surface area (Å²) >= 11 is 0. The van der Waals surface area contributed by atoms with Crippen molar-refractivity contribution in [1.29, 1.82) is 0 Å². The summed E-state index contributed by atoms with van der Waals surface area (Å²) in [5.74, 6) is -0.615. The molecule has 2 rings (SSSR count). The van der Waals surface area contributed by atoms with E-state index in [2.05, 4.69) is 51.9 Å². The highest BCUT2D eigenvalue weighted by molar-refractivity contribution is 5.86. The summed E-state index contributed by atoms with van der Waals surface area (Å²) in [6.45, 7) is 11.2. The van der Waals surface area contributed by atoms with E-state index in [1.807, 2.05) is 12.1 Å². The predicted octanol–water partition coefficient (Wildman–Crippen LogP) is 4.75. The predicted molar refractivity (Wildman–Crippen MR) is 86.0 cm³/mol. The molecule has 1 aromatic carbocycles. The lowest BCUT2D eigenvalue weighted by atomic mass is 9.72. The molecule has 0 aliphatic rings. The number of carbonyl (C=O) groups is 1. The van der Waals surface area contributed by atoms with Crippen molar-refractivity contribution in [1.82, 2.24) is 5.16 Å². The first kappa shape index (κ1) is 16.3. The summed E-state index contributed by atoms with van der Waals surface area (Å²) < 4.78 is 5.09. The highest BCUT2D eigenvalue weighted by atomic mass is 16.5. The van der Waals surface area contributed by atoms with Crippen LogP contribution in [0.4, 0.5) is 0 Å². The Labute approximate surface area is 131 Å². The van der Waals surface area contributed by atoms with Gasteiger partial charge in [0.1, 0.15) is 0 Å². The highest BCUT2D eigenvalue weighted by Gasteiger charge is 2.27. The summed E-state index contributed by atoms with van der Waals surface area (Å²) in [6.07, 6.45) is 1.07. The maximum Gasteiger partial charge on any atom is 0.358 e. The van der Waals surface area contributed by atoms with Crippen molar-refractivity contribution in [2.24, 2.45) is 5.41 Å². The fourth-order valence-corrected chi connectivity index (χ4v) is 3.03. The van der Waals surface area contributed by atoms with E-state index < -0.39 is 5.97 Å². The fourth-order valence-electron chi connectivity index (χ4n) is 3.03. The standard InChI is InChI=1S/C18H23NO3/c1-17(2,3)11-18(4,5)13-8-6-12(7-9-13)15-10-14(16(20)21)19-22-15/h6-10H,11H2,1-5H3,(H,20,21). The number of carboxylic acids is 1. The van der Waals surface area contributed by atoms with E-state index in [1.165, 1.54) is 11.6 Å². The normalized spacial score (nSPS) is 12.4. The van der Waals surface area contributed by atoms with E-state index in [0.29, 0.717) is 5.76 Å². The van der Waals surface area contributed by atoms with Crippen molar-refractivity contribution in [2.45, 2.75) is 46.5 Å². The molecular weight excluding hydrogens is 278 g/mol. The zero-order valence-electron chi connectivity index (χ0n) is 13.8. The van der Waals surface area contributed by atoms with Crippen molar-refractivity contribution in [2.75, 3.05) is 0 Å². The molecule has 1 aromatic heterocycles. The van der Waals surface area contributed by atoms with E-state index in [9.17, 15) is 4.79 Å². The SMILES string of the molecule is CC(C)(C)CC(C)(C)c1ccc(-c2cc(C(=O)O)no2)cc1. The maximum atomic E-state index is 10.8. The second-order valence-electron chi connectivity index (χ2n) is 7.58. The molecule has 0 aliphatic carbocycles. The van der Waals surface area contributed by atoms with Gasteiger partial charge >= 0.3 is 5.97 Å². The summed E-state index contributed by atoms with van der Waals surface area (Å²) in [5.41, 5.74) is 2.33. The molecule has 4 nitrogen and oxygen atoms in total. The summed E-state index contributed by atoms with van der Waals surface area (Å²) in [5, 5.41) is 12.4. The second kappa shape index (κ2) is 5.59. The second-order valence-corrected chi connectivity index (χ2v) is 7.58. The zero-order valence-corrected chi connectivity index (χ0v) is 13.8. The van der Waals surface area contributed by atoms with Crippen molar-refractivity contribution in [3.05, 3.63) is 41.6 Å². The Morgan fingerprint density at radius 1 is 1.14 bits per heavy atom. The molecule has 0 bridgehead atoms. The van der Waals surface area contributed by atoms with Gasteiger partial charge in [-0.1, -0.05) is 64.0 Å². The summed E-state index contributed by atoms with van der Waals surface area (Å²) in [7, 11) is 0. The van der Waals surface area contributed by atoms with Crippen LogP contribution >= 0.6 is 0 Å². The lowest BCUT2D eigenvalue weighted by Crippen LogP contribution is -2.24. The van der Waals surface area contributed by atoms with Crippen LogP contribution in [0.5, 0.6) is 0 Å². The molecule has 0 unspecified atom stereocenters. The highest BCUT2D eigenvalue weighted by Crippen LogP contribution is 2.36. The van der Waals surface area contributed by atoms with Gasteiger partial charge in [0.05, 0.1) is 0 Å². The van der Waals surface area contributed by atoms with E-state index in [-0.39, 0.29) is 16.5 Å². The molecule has 0 radical (unpaired) electrons. The van der Waals surface area contributed by atoms with Gasteiger partial charge in [0.25, 0.3) is 0 Å². The molecule has 4 heteroatoms. The Kier molecular flexibility index (Phi) is 4.14. The van der Waals surface area contributed by atoms with Crippen LogP contribution in [0.25, 0.3) is 11.3 Å². The Morgan fingerprint density at radius 3 is 2.18 bits per heavy atom. The van der Waals surface area contributed by atoms with Crippen molar-refractivity contribution >= 4 is 5.97 Å². The molecule has 22 heavy (non-hydrogen) atoms. The van der Waals surface area contributed by atoms with Gasteiger partial charge in [0.2, 0.25) is 0 Å². The molecule has 0 aliphatic heterocycles. The smallest absolute Gasteiger partial charge is 0.358 e. The number of carboxylic acid groups (broad SMARTS) is 1. The van der Waals surface area contributed by atoms with Crippen LogP contribution in [0, 0.1) is 5.41 Å². The van der Waals surface area contributed by atoms with Gasteiger partial charge in [-0.3, -0.25) is 0 Å². The summed E-state index contributed by atoms with van der Waals surface area (Å²) in [4.78, 5) is 10.8. The fraction of sp³-hybridized carbons (Fsp3) is 0.444. The van der Waals surface area contributed by atoms with Crippen molar-refractivity contribution < 1.29 is 14.4 Å². The Hall–Kier alpha value is -2.10. The Morgan fingerprint density at radius 2 is 1.73 bits per heavy atom. The van der Waals surface area contributed by atoms with Gasteiger partial charge in [0.15, 0.2) is 11.5 Å². The average Bonchev–Trinajstić information content (AvgIpc) is 2.85. The molecule has 2 aromatic rings. The number of nitrogens with zero attached hydrogens (tertiary/aromatic N) is 1. The molecule has 0 fully saturated rings. The van der Waals surface area contributed by atoms with Crippen LogP contribution < -0.4 is 0 Å². The molecule has 0 atom stereocenters. The van der Waals surface area contributed by atoms with E-state index in [4.69, 9.17) is 9.63 Å². The number of aromatic carboxylic acids is 1. The first-order valence-corrected chi connectivity index (χ1v) is 7.39. The third kappa shape index (κ3) is 3.75. The topological polar surface area (TPSA) is 63.3 Å². The molecule has 0 spiro atoms. The van der Waals surface area contributed by atoms with Crippen molar-refractivity contribution in [3.63, 3.8) is 0 Å². The first-order valence-electron chi connectivity index (χ1n) is 7.39. The van der Waals surface area contributed by atoms with Gasteiger partial charge in [-0.25, -0.2) is 4.79 Å². The molecule has 0 saturated carbocycles. The number of rotatable bonds is 4. The minimum absolute atomic E-state index is 0.0738. The van der Waals surface area contributed by atoms with Gasteiger partial charge < -0.3 is 9.63 Å². The monoisotopic (exact) mass is 301 g/mol. The largest absolute Gasteiger partial charge is 0.476 e. The van der Waals surface area contributed by atoms with E-state index in [1.54, 1.807) is 0 Å². The Balaban J connectivity index is 2.24. The minimum atomic E-state index is -1.09. The molecule has 1 N–H and O–H groups in total. The molecule has 1 heterocycles. The minimum Gasteiger partial charge on any atom is -0.476 e. The van der Waals surface area contributed by atoms with Crippen LogP contribution in [-0.2, 0) is 5.41 Å². The van der Waals surface area contributed by atoms with Crippen LogP contribution in [0.2, 0.25) is 0 Å². The Bertz CT molecular complexity index is 660. The number of hydrogen-bond acceptors (Lipinski definition) is 3. The quantitative estimate of drug-likeness (QED) is 0.884. The van der Waals surface area contributed by atoms with Crippen LogP contribution in [0.1, 0.15) is 57.1 Å². The lowest BCUT2D eigenvalue weighted by Gasteiger charge is -2.33. The average molecular weight is 301 g/mol. The van der Waals surface area contributed by atoms with E-state index >= 15 is 0 Å². The molecular formula is C18H23NO3. The molecule has 118 valence electrons. The first-order chi connectivity index (χ1) is 10.1. The van der Waals surface area contributed by atoms with Crippen LogP contribution in [0.15, 0.2) is 34.9 Å². The van der Waals surface area contributed by atoms with E-state index in [0.717, 1.165) is 12.0 Å². The van der Waals surface area contributed by atoms with Gasteiger partial charge in [0, 0.05) is 11.6 Å². The van der Waals surface area contributed by atoms with Gasteiger partial charge in [-0.2, -0.15) is 0 Å². The third-order valence-electron chi connectivity index (χ3n) is 3.65. The number of benzene rings is 1. The third-order valence-corrected chi connectivity index (χ3v) is 3.65. The zero-order chi connectivity index (χ0) is 16.5. The maximum absolute atomic E-state index is 10.8. The van der Waals surface area contributed by atoms with Crippen LogP contribution in [-0.4, -0.2) is 16.2 Å². The molecule has 0 saturated heterocycles. The summed E-state index contributed by atoms with van der Waals surface area (Å²) in [6, 6.07) is 9.49. The lowest BCUT2D eigenvalue weighted by molar-refractivity contribution is 0.0686. The van der Waals surface area contributed by atoms with Gasteiger partial charge in [-0.15, -0.1) is 0 Å².